The van der Waals surface area contributed by atoms with E-state index in [9.17, 15) is 0 Å². The Morgan fingerprint density at radius 1 is 1.10 bits per heavy atom. The summed E-state index contributed by atoms with van der Waals surface area (Å²) < 4.78 is 5.70. The van der Waals surface area contributed by atoms with E-state index < -0.39 is 0 Å². The molecule has 1 aliphatic rings. The summed E-state index contributed by atoms with van der Waals surface area (Å²) >= 11 is 0. The smallest absolute Gasteiger partial charge is 0.158 e. The van der Waals surface area contributed by atoms with Gasteiger partial charge in [0.05, 0.1) is 25.2 Å². The van der Waals surface area contributed by atoms with Gasteiger partial charge in [-0.15, -0.1) is 12.4 Å². The molecule has 8 nitrogen and oxygen atoms in total. The minimum Gasteiger partial charge on any atom is -0.496 e. The van der Waals surface area contributed by atoms with Crippen LogP contribution in [0.3, 0.4) is 0 Å². The summed E-state index contributed by atoms with van der Waals surface area (Å²) in [5, 5.41) is 22.9. The molecule has 1 aromatic carbocycles. The van der Waals surface area contributed by atoms with Gasteiger partial charge >= 0.3 is 0 Å². The summed E-state index contributed by atoms with van der Waals surface area (Å²) in [5.74, 6) is 2.47. The molecule has 0 saturated carbocycles. The van der Waals surface area contributed by atoms with Crippen molar-refractivity contribution in [2.45, 2.75) is 44.7 Å². The van der Waals surface area contributed by atoms with Gasteiger partial charge in [0.15, 0.2) is 11.5 Å². The largest absolute Gasteiger partial charge is 0.496 e. The molecule has 3 heterocycles. The summed E-state index contributed by atoms with van der Waals surface area (Å²) in [6.07, 6.45) is 5.16. The normalized spacial score (nSPS) is 20.4. The van der Waals surface area contributed by atoms with Crippen LogP contribution in [0.4, 0.5) is 11.6 Å². The number of nitriles is 1. The number of hydrogen-bond donors (Lipinski definition) is 3. The number of piperidine rings is 1. The van der Waals surface area contributed by atoms with Crippen LogP contribution < -0.4 is 15.4 Å². The number of nitrogens with one attached hydrogen (secondary N) is 3. The van der Waals surface area contributed by atoms with E-state index in [1.807, 2.05) is 12.1 Å². The minimum atomic E-state index is 0. The molecular formula is C22H26ClN7O. The standard InChI is InChI=1S/C22H25N7O.ClH/c1-13-6-16(7-14(2)26-13)15-4-5-18(20(8-15)30-3)19-9-21(29-28-19)27-22-12-24-17(10-23)11-25-22;/h4-5,8-9,11-14,16,26H,6-7H2,1-3H3,(H2,25,27,28,29);1H/t13-,14-;/m0./s1. The molecule has 2 atom stereocenters. The van der Waals surface area contributed by atoms with Crippen molar-refractivity contribution in [1.82, 2.24) is 25.5 Å². The molecule has 1 aliphatic heterocycles. The van der Waals surface area contributed by atoms with Gasteiger partial charge in [0, 0.05) is 23.7 Å². The first-order valence-corrected chi connectivity index (χ1v) is 10.0. The summed E-state index contributed by atoms with van der Waals surface area (Å²) in [4.78, 5) is 8.16. The Labute approximate surface area is 187 Å². The number of nitrogens with zero attached hydrogens (tertiary/aromatic N) is 4. The van der Waals surface area contributed by atoms with Crippen LogP contribution in [0.5, 0.6) is 5.75 Å². The topological polar surface area (TPSA) is 112 Å². The van der Waals surface area contributed by atoms with E-state index in [4.69, 9.17) is 10.00 Å². The van der Waals surface area contributed by atoms with E-state index in [0.29, 0.717) is 29.6 Å². The second kappa shape index (κ2) is 9.77. The maximum atomic E-state index is 8.82. The lowest BCUT2D eigenvalue weighted by atomic mass is 9.83. The molecule has 9 heteroatoms. The first-order valence-electron chi connectivity index (χ1n) is 10.0. The predicted octanol–water partition coefficient (Wildman–Crippen LogP) is 4.16. The molecule has 0 unspecified atom stereocenters. The third-order valence-electron chi connectivity index (χ3n) is 5.43. The highest BCUT2D eigenvalue weighted by Crippen LogP contribution is 2.37. The number of aromatic amines is 1. The molecule has 3 N–H and O–H groups in total. The maximum Gasteiger partial charge on any atom is 0.158 e. The Balaban J connectivity index is 0.00000272. The molecule has 0 amide bonds. The lowest BCUT2D eigenvalue weighted by Crippen LogP contribution is -2.41. The van der Waals surface area contributed by atoms with Crippen LogP contribution >= 0.6 is 12.4 Å². The third-order valence-corrected chi connectivity index (χ3v) is 5.43. The van der Waals surface area contributed by atoms with E-state index in [1.165, 1.54) is 18.0 Å². The fraction of sp³-hybridized carbons (Fsp3) is 0.364. The Hall–Kier alpha value is -3.15. The first-order chi connectivity index (χ1) is 14.6. The number of H-pyrrole nitrogens is 1. The van der Waals surface area contributed by atoms with Crippen molar-refractivity contribution in [2.75, 3.05) is 12.4 Å². The second-order valence-corrected chi connectivity index (χ2v) is 7.79. The van der Waals surface area contributed by atoms with Crippen LogP contribution in [0, 0.1) is 11.3 Å². The van der Waals surface area contributed by atoms with Gasteiger partial charge in [-0.1, -0.05) is 6.07 Å². The van der Waals surface area contributed by atoms with Crippen molar-refractivity contribution >= 4 is 24.0 Å². The summed E-state index contributed by atoms with van der Waals surface area (Å²) in [6, 6.07) is 11.3. The fourth-order valence-electron chi connectivity index (χ4n) is 4.13. The number of anilines is 2. The highest BCUT2D eigenvalue weighted by molar-refractivity contribution is 5.85. The Bertz CT molecular complexity index is 1050. The van der Waals surface area contributed by atoms with Crippen LogP contribution in [0.1, 0.15) is 43.9 Å². The number of rotatable bonds is 5. The average Bonchev–Trinajstić information content (AvgIpc) is 3.21. The van der Waals surface area contributed by atoms with Crippen molar-refractivity contribution in [3.8, 4) is 23.1 Å². The van der Waals surface area contributed by atoms with Gasteiger partial charge in [0.2, 0.25) is 0 Å². The zero-order valence-electron chi connectivity index (χ0n) is 17.7. The van der Waals surface area contributed by atoms with Gasteiger partial charge in [-0.05, 0) is 50.3 Å². The lowest BCUT2D eigenvalue weighted by molar-refractivity contribution is 0.316. The molecule has 31 heavy (non-hydrogen) atoms. The molecule has 0 aliphatic carbocycles. The van der Waals surface area contributed by atoms with Crippen molar-refractivity contribution in [1.29, 1.82) is 5.26 Å². The van der Waals surface area contributed by atoms with Gasteiger partial charge in [0.1, 0.15) is 17.6 Å². The summed E-state index contributed by atoms with van der Waals surface area (Å²) in [5.41, 5.74) is 3.37. The average molecular weight is 440 g/mol. The molecule has 0 radical (unpaired) electrons. The van der Waals surface area contributed by atoms with Gasteiger partial charge < -0.3 is 15.4 Å². The maximum absolute atomic E-state index is 8.82. The number of aromatic nitrogens is 4. The van der Waals surface area contributed by atoms with Crippen molar-refractivity contribution in [2.24, 2.45) is 0 Å². The number of methoxy groups -OCH3 is 1. The molecule has 3 aromatic rings. The van der Waals surface area contributed by atoms with E-state index >= 15 is 0 Å². The van der Waals surface area contributed by atoms with Gasteiger partial charge in [-0.25, -0.2) is 9.97 Å². The van der Waals surface area contributed by atoms with Gasteiger partial charge in [-0.2, -0.15) is 10.4 Å². The SMILES string of the molecule is COc1cc(C2C[C@H](C)N[C@@H](C)C2)ccc1-c1cc(Nc2cnc(C#N)cn2)n[nH]1.Cl. The number of hydrogen-bond acceptors (Lipinski definition) is 7. The van der Waals surface area contributed by atoms with Crippen LogP contribution in [0.15, 0.2) is 36.7 Å². The molecule has 162 valence electrons. The zero-order valence-corrected chi connectivity index (χ0v) is 18.5. The van der Waals surface area contributed by atoms with E-state index in [2.05, 4.69) is 62.8 Å². The van der Waals surface area contributed by atoms with Gasteiger partial charge in [0.25, 0.3) is 0 Å². The molecule has 4 rings (SSSR count). The van der Waals surface area contributed by atoms with Crippen molar-refractivity contribution in [3.05, 3.63) is 47.9 Å². The Morgan fingerprint density at radius 2 is 1.87 bits per heavy atom. The van der Waals surface area contributed by atoms with E-state index in [1.54, 1.807) is 7.11 Å². The second-order valence-electron chi connectivity index (χ2n) is 7.79. The highest BCUT2D eigenvalue weighted by Gasteiger charge is 2.25. The quantitative estimate of drug-likeness (QED) is 0.547. The minimum absolute atomic E-state index is 0. The highest BCUT2D eigenvalue weighted by atomic mass is 35.5. The van der Waals surface area contributed by atoms with Crippen LogP contribution in [0.25, 0.3) is 11.3 Å². The zero-order chi connectivity index (χ0) is 21.1. The van der Waals surface area contributed by atoms with Gasteiger partial charge in [-0.3, -0.25) is 5.10 Å². The Morgan fingerprint density at radius 3 is 2.52 bits per heavy atom. The molecular weight excluding hydrogens is 414 g/mol. The molecule has 1 fully saturated rings. The number of ether oxygens (including phenoxy) is 1. The summed E-state index contributed by atoms with van der Waals surface area (Å²) in [6.45, 7) is 4.48. The molecule has 1 saturated heterocycles. The van der Waals surface area contributed by atoms with Crippen molar-refractivity contribution in [3.63, 3.8) is 0 Å². The predicted molar refractivity (Wildman–Crippen MR) is 122 cm³/mol. The number of benzene rings is 1. The third kappa shape index (κ3) is 5.13. The molecule has 0 spiro atoms. The van der Waals surface area contributed by atoms with Crippen LogP contribution in [-0.2, 0) is 0 Å². The molecule has 0 bridgehead atoms. The monoisotopic (exact) mass is 439 g/mol. The first kappa shape index (κ1) is 22.5. The van der Waals surface area contributed by atoms with Crippen molar-refractivity contribution < 1.29 is 4.74 Å². The fourth-order valence-corrected chi connectivity index (χ4v) is 4.13. The Kier molecular flexibility index (Phi) is 7.10. The van der Waals surface area contributed by atoms with Crippen LogP contribution in [0.2, 0.25) is 0 Å². The number of halogens is 1. The lowest BCUT2D eigenvalue weighted by Gasteiger charge is -2.33. The summed E-state index contributed by atoms with van der Waals surface area (Å²) in [7, 11) is 1.69. The molecule has 2 aromatic heterocycles. The van der Waals surface area contributed by atoms with E-state index in [0.717, 1.165) is 29.8 Å². The van der Waals surface area contributed by atoms with E-state index in [-0.39, 0.29) is 18.1 Å². The van der Waals surface area contributed by atoms with Crippen LogP contribution in [-0.4, -0.2) is 39.4 Å².